The molecule has 1 aliphatic heterocycles. The maximum Gasteiger partial charge on any atom is 0.168 e. The van der Waals surface area contributed by atoms with Crippen molar-refractivity contribution in [1.82, 2.24) is 14.8 Å². The zero-order chi connectivity index (χ0) is 18.5. The maximum absolute atomic E-state index is 14.4. The van der Waals surface area contributed by atoms with E-state index in [-0.39, 0.29) is 5.82 Å². The lowest BCUT2D eigenvalue weighted by atomic mass is 10.2. The normalized spacial score (nSPS) is 15.7. The molecule has 1 aromatic heterocycles. The summed E-state index contributed by atoms with van der Waals surface area (Å²) in [5, 5.41) is 0. The minimum absolute atomic E-state index is 0.174. The van der Waals surface area contributed by atoms with Crippen molar-refractivity contribution in [2.45, 2.75) is 20.4 Å². The number of likely N-dealkylation sites (N-methyl/N-ethyl adjacent to an activating group) is 1. The number of nitrogens with zero attached hydrogens (tertiary/aromatic N) is 4. The number of halogens is 1. The summed E-state index contributed by atoms with van der Waals surface area (Å²) in [5.74, 6) is 0.343. The van der Waals surface area contributed by atoms with Gasteiger partial charge in [0.1, 0.15) is 0 Å². The first-order valence-electron chi connectivity index (χ1n) is 9.36. The molecule has 0 bridgehead atoms. The molecule has 1 saturated heterocycles. The predicted molar refractivity (Wildman–Crippen MR) is 105 cm³/mol. The highest BCUT2D eigenvalue weighted by molar-refractivity contribution is 5.44. The Bertz CT molecular complexity index is 711. The van der Waals surface area contributed by atoms with Crippen LogP contribution in [-0.4, -0.2) is 61.1 Å². The highest BCUT2D eigenvalue weighted by atomic mass is 19.1. The molecule has 0 spiro atoms. The van der Waals surface area contributed by atoms with Crippen LogP contribution in [0, 0.1) is 19.7 Å². The Hall–Kier alpha value is -1.98. The summed E-state index contributed by atoms with van der Waals surface area (Å²) < 4.78 is 14.4. The third-order valence-electron chi connectivity index (χ3n) is 5.02. The summed E-state index contributed by atoms with van der Waals surface area (Å²) in [7, 11) is 2.16. The van der Waals surface area contributed by atoms with E-state index in [4.69, 9.17) is 0 Å². The second kappa shape index (κ2) is 8.60. The molecule has 1 aliphatic rings. The number of anilines is 1. The second-order valence-electron chi connectivity index (χ2n) is 7.27. The van der Waals surface area contributed by atoms with Gasteiger partial charge in [-0.15, -0.1) is 0 Å². The molecule has 0 radical (unpaired) electrons. The van der Waals surface area contributed by atoms with Crippen molar-refractivity contribution < 1.29 is 4.39 Å². The lowest BCUT2D eigenvalue weighted by Gasteiger charge is -2.36. The lowest BCUT2D eigenvalue weighted by molar-refractivity contribution is 0.212. The summed E-state index contributed by atoms with van der Waals surface area (Å²) in [4.78, 5) is 11.3. The van der Waals surface area contributed by atoms with Gasteiger partial charge in [-0.1, -0.05) is 30.3 Å². The van der Waals surface area contributed by atoms with E-state index < -0.39 is 0 Å². The van der Waals surface area contributed by atoms with Crippen molar-refractivity contribution in [2.24, 2.45) is 0 Å². The summed E-state index contributed by atoms with van der Waals surface area (Å²) in [6.45, 7) is 10.3. The maximum atomic E-state index is 14.4. The van der Waals surface area contributed by atoms with E-state index in [0.717, 1.165) is 51.5 Å². The van der Waals surface area contributed by atoms with Crippen LogP contribution >= 0.6 is 0 Å². The first-order chi connectivity index (χ1) is 12.5. The molecule has 5 heteroatoms. The molecule has 26 heavy (non-hydrogen) atoms. The van der Waals surface area contributed by atoms with Gasteiger partial charge in [0.05, 0.1) is 0 Å². The molecule has 3 rings (SSSR count). The highest BCUT2D eigenvalue weighted by Crippen LogP contribution is 2.21. The van der Waals surface area contributed by atoms with Crippen LogP contribution in [0.5, 0.6) is 0 Å². The van der Waals surface area contributed by atoms with E-state index in [1.807, 2.05) is 13.8 Å². The largest absolute Gasteiger partial charge is 0.352 e. The third-order valence-corrected chi connectivity index (χ3v) is 5.02. The second-order valence-corrected chi connectivity index (χ2v) is 7.27. The smallest absolute Gasteiger partial charge is 0.168 e. The molecule has 0 amide bonds. The summed E-state index contributed by atoms with van der Waals surface area (Å²) in [6, 6.07) is 12.4. The fourth-order valence-corrected chi connectivity index (χ4v) is 3.48. The quantitative estimate of drug-likeness (QED) is 0.793. The fraction of sp³-hybridized carbons (Fsp3) is 0.476. The van der Waals surface area contributed by atoms with Crippen molar-refractivity contribution in [3.63, 3.8) is 0 Å². The van der Waals surface area contributed by atoms with E-state index >= 15 is 0 Å². The fourth-order valence-electron chi connectivity index (χ4n) is 3.48. The molecule has 0 atom stereocenters. The number of hydrogen-bond donors (Lipinski definition) is 0. The molecule has 4 nitrogen and oxygen atoms in total. The van der Waals surface area contributed by atoms with E-state index in [1.165, 1.54) is 5.56 Å². The zero-order valence-electron chi connectivity index (χ0n) is 16.1. The monoisotopic (exact) mass is 356 g/mol. The third kappa shape index (κ3) is 4.80. The van der Waals surface area contributed by atoms with Gasteiger partial charge in [0.2, 0.25) is 0 Å². The van der Waals surface area contributed by atoms with Gasteiger partial charge >= 0.3 is 0 Å². The summed E-state index contributed by atoms with van der Waals surface area (Å²) in [6.07, 6.45) is 0. The standard InChI is InChI=1S/C21H29FN4/c1-17-15-18(2)23-21(20(17)22)26-13-11-25(12-14-26)10-9-24(3)16-19-7-5-4-6-8-19/h4-8,15H,9-14,16H2,1-3H3. The van der Waals surface area contributed by atoms with Gasteiger partial charge < -0.3 is 9.80 Å². The Kier molecular flexibility index (Phi) is 6.22. The number of aryl methyl sites for hydroxylation is 2. The molecule has 0 saturated carbocycles. The van der Waals surface area contributed by atoms with Crippen molar-refractivity contribution in [3.8, 4) is 0 Å². The average molecular weight is 356 g/mol. The number of rotatable bonds is 6. The number of pyridine rings is 1. The van der Waals surface area contributed by atoms with Crippen LogP contribution in [0.1, 0.15) is 16.8 Å². The Balaban J connectivity index is 1.47. The van der Waals surface area contributed by atoms with E-state index in [9.17, 15) is 4.39 Å². The van der Waals surface area contributed by atoms with Gasteiger partial charge in [-0.2, -0.15) is 0 Å². The average Bonchev–Trinajstić information content (AvgIpc) is 2.64. The Morgan fingerprint density at radius 1 is 1.08 bits per heavy atom. The predicted octanol–water partition coefficient (Wildman–Crippen LogP) is 3.09. The summed E-state index contributed by atoms with van der Waals surface area (Å²) >= 11 is 0. The van der Waals surface area contributed by atoms with Crippen molar-refractivity contribution in [3.05, 3.63) is 59.0 Å². The molecule has 2 aromatic rings. The molecule has 140 valence electrons. The molecular weight excluding hydrogens is 327 g/mol. The molecule has 0 unspecified atom stereocenters. The number of aromatic nitrogens is 1. The zero-order valence-corrected chi connectivity index (χ0v) is 16.1. The number of benzene rings is 1. The first kappa shape index (κ1) is 18.8. The van der Waals surface area contributed by atoms with Crippen LogP contribution in [0.15, 0.2) is 36.4 Å². The van der Waals surface area contributed by atoms with Gasteiger partial charge in [0, 0.05) is 51.5 Å². The van der Waals surface area contributed by atoms with E-state index in [0.29, 0.717) is 11.4 Å². The highest BCUT2D eigenvalue weighted by Gasteiger charge is 2.21. The van der Waals surface area contributed by atoms with Crippen molar-refractivity contribution in [1.29, 1.82) is 0 Å². The molecular formula is C21H29FN4. The van der Waals surface area contributed by atoms with Crippen LogP contribution in [0.3, 0.4) is 0 Å². The number of hydrogen-bond acceptors (Lipinski definition) is 4. The lowest BCUT2D eigenvalue weighted by Crippen LogP contribution is -2.48. The first-order valence-corrected chi connectivity index (χ1v) is 9.36. The van der Waals surface area contributed by atoms with Crippen molar-refractivity contribution in [2.75, 3.05) is 51.2 Å². The Labute approximate surface area is 156 Å². The van der Waals surface area contributed by atoms with Gasteiger partial charge in [-0.05, 0) is 38.1 Å². The molecule has 0 N–H and O–H groups in total. The van der Waals surface area contributed by atoms with Gasteiger partial charge in [0.15, 0.2) is 11.6 Å². The van der Waals surface area contributed by atoms with E-state index in [1.54, 1.807) is 6.07 Å². The van der Waals surface area contributed by atoms with Crippen LogP contribution in [0.2, 0.25) is 0 Å². The van der Waals surface area contributed by atoms with Gasteiger partial charge in [-0.25, -0.2) is 9.37 Å². The van der Waals surface area contributed by atoms with Crippen LogP contribution < -0.4 is 4.90 Å². The Morgan fingerprint density at radius 3 is 2.46 bits per heavy atom. The minimum Gasteiger partial charge on any atom is -0.352 e. The Morgan fingerprint density at radius 2 is 1.77 bits per heavy atom. The van der Waals surface area contributed by atoms with Gasteiger partial charge in [0.25, 0.3) is 0 Å². The molecule has 1 aromatic carbocycles. The molecule has 1 fully saturated rings. The summed E-state index contributed by atoms with van der Waals surface area (Å²) in [5.41, 5.74) is 2.90. The van der Waals surface area contributed by atoms with Crippen LogP contribution in [-0.2, 0) is 6.54 Å². The van der Waals surface area contributed by atoms with Crippen molar-refractivity contribution >= 4 is 5.82 Å². The topological polar surface area (TPSA) is 22.6 Å². The minimum atomic E-state index is -0.174. The SMILES string of the molecule is Cc1cc(C)c(F)c(N2CCN(CCN(C)Cc3ccccc3)CC2)n1. The number of piperazine rings is 1. The van der Waals surface area contributed by atoms with Gasteiger partial charge in [-0.3, -0.25) is 4.90 Å². The molecule has 2 heterocycles. The van der Waals surface area contributed by atoms with Crippen LogP contribution in [0.4, 0.5) is 10.2 Å². The molecule has 0 aliphatic carbocycles. The van der Waals surface area contributed by atoms with Crippen LogP contribution in [0.25, 0.3) is 0 Å². The van der Waals surface area contributed by atoms with E-state index in [2.05, 4.69) is 57.1 Å².